The van der Waals surface area contributed by atoms with Crippen LogP contribution in [0.5, 0.6) is 0 Å². The number of aliphatic carboxylic acids is 1. The minimum absolute atomic E-state index is 0.196. The van der Waals surface area contributed by atoms with Gasteiger partial charge in [-0.05, 0) is 19.8 Å². The SMILES string of the molecule is C/C=C(/C=O)N=C(N)N(C)CCCCCC(=O)O. The molecule has 3 N–H and O–H groups in total. The number of hydrogen-bond donors (Lipinski definition) is 2. The summed E-state index contributed by atoms with van der Waals surface area (Å²) in [6, 6.07) is 0. The molecule has 6 heteroatoms. The summed E-state index contributed by atoms with van der Waals surface area (Å²) in [6.45, 7) is 2.40. The van der Waals surface area contributed by atoms with Crippen LogP contribution >= 0.6 is 0 Å². The van der Waals surface area contributed by atoms with Crippen LogP contribution in [0.15, 0.2) is 16.8 Å². The molecule has 102 valence electrons. The minimum atomic E-state index is -0.770. The van der Waals surface area contributed by atoms with Crippen LogP contribution in [-0.2, 0) is 9.59 Å². The molecule has 0 saturated heterocycles. The van der Waals surface area contributed by atoms with Gasteiger partial charge in [-0.1, -0.05) is 12.5 Å². The summed E-state index contributed by atoms with van der Waals surface area (Å²) in [4.78, 5) is 26.6. The normalized spacial score (nSPS) is 12.3. The number of aliphatic imine (C=N–C) groups is 1. The Labute approximate surface area is 107 Å². The number of carboxylic acids is 1. The van der Waals surface area contributed by atoms with Crippen LogP contribution in [0.2, 0.25) is 0 Å². The Morgan fingerprint density at radius 3 is 2.56 bits per heavy atom. The van der Waals surface area contributed by atoms with E-state index in [9.17, 15) is 9.59 Å². The summed E-state index contributed by atoms with van der Waals surface area (Å²) in [7, 11) is 1.79. The lowest BCUT2D eigenvalue weighted by Gasteiger charge is -2.17. The van der Waals surface area contributed by atoms with Crippen molar-refractivity contribution in [2.45, 2.75) is 32.6 Å². The molecule has 0 amide bonds. The largest absolute Gasteiger partial charge is 0.481 e. The van der Waals surface area contributed by atoms with E-state index in [0.29, 0.717) is 24.9 Å². The highest BCUT2D eigenvalue weighted by molar-refractivity contribution is 5.84. The van der Waals surface area contributed by atoms with E-state index in [1.165, 1.54) is 0 Å². The van der Waals surface area contributed by atoms with E-state index in [1.54, 1.807) is 24.9 Å². The van der Waals surface area contributed by atoms with E-state index >= 15 is 0 Å². The van der Waals surface area contributed by atoms with Gasteiger partial charge in [-0.15, -0.1) is 0 Å². The average Bonchev–Trinajstić information content (AvgIpc) is 2.34. The molecule has 0 spiro atoms. The van der Waals surface area contributed by atoms with Crippen molar-refractivity contribution in [3.05, 3.63) is 11.8 Å². The van der Waals surface area contributed by atoms with Crippen molar-refractivity contribution < 1.29 is 14.7 Å². The van der Waals surface area contributed by atoms with E-state index in [1.807, 2.05) is 0 Å². The number of hydrogen-bond acceptors (Lipinski definition) is 3. The molecule has 18 heavy (non-hydrogen) atoms. The lowest BCUT2D eigenvalue weighted by molar-refractivity contribution is -0.137. The van der Waals surface area contributed by atoms with Crippen LogP contribution in [0.25, 0.3) is 0 Å². The number of rotatable bonds is 8. The van der Waals surface area contributed by atoms with Gasteiger partial charge in [-0.2, -0.15) is 0 Å². The van der Waals surface area contributed by atoms with E-state index < -0.39 is 5.97 Å². The number of allylic oxidation sites excluding steroid dienone is 2. The Bertz CT molecular complexity index is 337. The smallest absolute Gasteiger partial charge is 0.303 e. The first-order chi connectivity index (χ1) is 8.51. The molecule has 0 rings (SSSR count). The highest BCUT2D eigenvalue weighted by Crippen LogP contribution is 2.01. The number of carboxylic acid groups (broad SMARTS) is 1. The van der Waals surface area contributed by atoms with Gasteiger partial charge >= 0.3 is 5.97 Å². The van der Waals surface area contributed by atoms with E-state index in [2.05, 4.69) is 4.99 Å². The van der Waals surface area contributed by atoms with E-state index in [-0.39, 0.29) is 12.4 Å². The van der Waals surface area contributed by atoms with Crippen molar-refractivity contribution in [2.75, 3.05) is 13.6 Å². The fraction of sp³-hybridized carbons (Fsp3) is 0.583. The lowest BCUT2D eigenvalue weighted by atomic mass is 10.2. The zero-order valence-electron chi connectivity index (χ0n) is 10.9. The summed E-state index contributed by atoms with van der Waals surface area (Å²) >= 11 is 0. The minimum Gasteiger partial charge on any atom is -0.481 e. The highest BCUT2D eigenvalue weighted by Gasteiger charge is 2.03. The molecule has 0 radical (unpaired) electrons. The Hall–Kier alpha value is -1.85. The van der Waals surface area contributed by atoms with Crippen molar-refractivity contribution in [3.8, 4) is 0 Å². The van der Waals surface area contributed by atoms with Crippen molar-refractivity contribution in [1.29, 1.82) is 0 Å². The number of unbranched alkanes of at least 4 members (excludes halogenated alkanes) is 2. The molecule has 0 aromatic carbocycles. The van der Waals surface area contributed by atoms with Crippen LogP contribution < -0.4 is 5.73 Å². The van der Waals surface area contributed by atoms with Crippen LogP contribution in [0.4, 0.5) is 0 Å². The number of carbonyl (C=O) groups excluding carboxylic acids is 1. The second-order valence-corrected chi connectivity index (χ2v) is 3.93. The topological polar surface area (TPSA) is 96.0 Å². The third-order valence-electron chi connectivity index (χ3n) is 2.44. The summed E-state index contributed by atoms with van der Waals surface area (Å²) in [6.07, 6.45) is 4.75. The molecular formula is C12H21N3O3. The van der Waals surface area contributed by atoms with Crippen LogP contribution in [0.1, 0.15) is 32.6 Å². The summed E-state index contributed by atoms with van der Waals surface area (Å²) in [5, 5.41) is 8.47. The third-order valence-corrected chi connectivity index (χ3v) is 2.44. The first kappa shape index (κ1) is 16.1. The van der Waals surface area contributed by atoms with Gasteiger partial charge in [0, 0.05) is 20.0 Å². The van der Waals surface area contributed by atoms with Gasteiger partial charge in [0.15, 0.2) is 12.2 Å². The van der Waals surface area contributed by atoms with Crippen molar-refractivity contribution >= 4 is 18.2 Å². The Morgan fingerprint density at radius 1 is 1.39 bits per heavy atom. The van der Waals surface area contributed by atoms with Gasteiger partial charge < -0.3 is 15.7 Å². The molecule has 0 aliphatic carbocycles. The van der Waals surface area contributed by atoms with Gasteiger partial charge in [0.2, 0.25) is 0 Å². The van der Waals surface area contributed by atoms with Gasteiger partial charge in [0.1, 0.15) is 5.70 Å². The third kappa shape index (κ3) is 7.43. The molecule has 0 atom stereocenters. The molecular weight excluding hydrogens is 234 g/mol. The molecule has 0 bridgehead atoms. The Morgan fingerprint density at radius 2 is 2.06 bits per heavy atom. The number of nitrogens with two attached hydrogens (primary N) is 1. The average molecular weight is 255 g/mol. The maximum absolute atomic E-state index is 10.6. The first-order valence-corrected chi connectivity index (χ1v) is 5.89. The highest BCUT2D eigenvalue weighted by atomic mass is 16.4. The zero-order valence-corrected chi connectivity index (χ0v) is 10.9. The number of aldehydes is 1. The Balaban J connectivity index is 3.98. The van der Waals surface area contributed by atoms with Crippen LogP contribution in [-0.4, -0.2) is 41.8 Å². The van der Waals surface area contributed by atoms with Crippen LogP contribution in [0, 0.1) is 0 Å². The lowest BCUT2D eigenvalue weighted by Crippen LogP contribution is -2.34. The maximum Gasteiger partial charge on any atom is 0.303 e. The monoisotopic (exact) mass is 255 g/mol. The number of carbonyl (C=O) groups is 2. The van der Waals surface area contributed by atoms with E-state index in [0.717, 1.165) is 12.8 Å². The fourth-order valence-corrected chi connectivity index (χ4v) is 1.29. The molecule has 0 aromatic heterocycles. The molecule has 0 aliphatic heterocycles. The molecule has 0 saturated carbocycles. The molecule has 0 heterocycles. The van der Waals surface area contributed by atoms with Crippen molar-refractivity contribution in [1.82, 2.24) is 4.90 Å². The van der Waals surface area contributed by atoms with Gasteiger partial charge in [0.05, 0.1) is 0 Å². The second-order valence-electron chi connectivity index (χ2n) is 3.93. The number of nitrogens with zero attached hydrogens (tertiary/aromatic N) is 2. The van der Waals surface area contributed by atoms with E-state index in [4.69, 9.17) is 10.8 Å². The summed E-state index contributed by atoms with van der Waals surface area (Å²) in [5.74, 6) is -0.485. The van der Waals surface area contributed by atoms with Gasteiger partial charge in [0.25, 0.3) is 0 Å². The molecule has 0 unspecified atom stereocenters. The van der Waals surface area contributed by atoms with Crippen molar-refractivity contribution in [2.24, 2.45) is 10.7 Å². The predicted octanol–water partition coefficient (Wildman–Crippen LogP) is 0.981. The zero-order chi connectivity index (χ0) is 14.0. The molecule has 0 fully saturated rings. The summed E-state index contributed by atoms with van der Waals surface area (Å²) < 4.78 is 0. The molecule has 6 nitrogen and oxygen atoms in total. The van der Waals surface area contributed by atoms with Gasteiger partial charge in [-0.25, -0.2) is 4.99 Å². The predicted molar refractivity (Wildman–Crippen MR) is 70.2 cm³/mol. The maximum atomic E-state index is 10.6. The molecule has 0 aliphatic rings. The first-order valence-electron chi connectivity index (χ1n) is 5.89. The van der Waals surface area contributed by atoms with Crippen LogP contribution in [0.3, 0.4) is 0 Å². The standard InChI is InChI=1S/C12H21N3O3/c1-3-10(9-16)14-12(13)15(2)8-6-4-5-7-11(17)18/h3,9H,4-8H2,1-2H3,(H2,13,14)(H,17,18)/b10-3-. The van der Waals surface area contributed by atoms with Crippen molar-refractivity contribution in [3.63, 3.8) is 0 Å². The number of guanidine groups is 1. The van der Waals surface area contributed by atoms with Gasteiger partial charge in [-0.3, -0.25) is 9.59 Å². The second kappa shape index (κ2) is 9.21. The summed E-state index contributed by atoms with van der Waals surface area (Å²) in [5.41, 5.74) is 6.01. The quantitative estimate of drug-likeness (QED) is 0.221. The Kier molecular flexibility index (Phi) is 8.26. The fourth-order valence-electron chi connectivity index (χ4n) is 1.29. The molecule has 0 aromatic rings.